The number of rotatable bonds is 12. The van der Waals surface area contributed by atoms with Crippen LogP contribution in [0.3, 0.4) is 0 Å². The molecule has 1 aliphatic heterocycles. The molecule has 0 aromatic heterocycles. The summed E-state index contributed by atoms with van der Waals surface area (Å²) >= 11 is 0. The highest BCUT2D eigenvalue weighted by Crippen LogP contribution is 2.10. The van der Waals surface area contributed by atoms with Crippen LogP contribution < -0.4 is 10.6 Å². The first-order valence-electron chi connectivity index (χ1n) is 8.98. The standard InChI is InChI=1S/C18H34N2O/c1-2-3-4-5-6-7-8-9-10-11-18(21)20-16-17-12-14-19-15-13-17/h12,19H,2-11,13-16H2,1H3,(H,20,21). The van der Waals surface area contributed by atoms with Gasteiger partial charge in [0.25, 0.3) is 0 Å². The Balaban J connectivity index is 1.86. The van der Waals surface area contributed by atoms with Crippen LogP contribution in [-0.4, -0.2) is 25.5 Å². The van der Waals surface area contributed by atoms with Crippen molar-refractivity contribution in [2.75, 3.05) is 19.6 Å². The summed E-state index contributed by atoms with van der Waals surface area (Å²) in [6, 6.07) is 0. The Bertz CT molecular complexity index is 300. The number of hydrogen-bond acceptors (Lipinski definition) is 2. The third kappa shape index (κ3) is 10.5. The van der Waals surface area contributed by atoms with Gasteiger partial charge in [-0.25, -0.2) is 0 Å². The molecule has 21 heavy (non-hydrogen) atoms. The van der Waals surface area contributed by atoms with Crippen molar-refractivity contribution in [3.05, 3.63) is 11.6 Å². The van der Waals surface area contributed by atoms with E-state index in [1.165, 1.54) is 56.9 Å². The summed E-state index contributed by atoms with van der Waals surface area (Å²) in [6.07, 6.45) is 15.7. The van der Waals surface area contributed by atoms with Crippen LogP contribution in [0.15, 0.2) is 11.6 Å². The Morgan fingerprint density at radius 2 is 1.76 bits per heavy atom. The molecular formula is C18H34N2O. The molecule has 0 spiro atoms. The van der Waals surface area contributed by atoms with Gasteiger partial charge < -0.3 is 10.6 Å². The minimum absolute atomic E-state index is 0.220. The van der Waals surface area contributed by atoms with E-state index in [-0.39, 0.29) is 5.91 Å². The Morgan fingerprint density at radius 1 is 1.10 bits per heavy atom. The zero-order valence-electron chi connectivity index (χ0n) is 13.9. The fraction of sp³-hybridized carbons (Fsp3) is 0.833. The molecule has 1 heterocycles. The minimum Gasteiger partial charge on any atom is -0.352 e. The maximum absolute atomic E-state index is 11.7. The van der Waals surface area contributed by atoms with Gasteiger partial charge in [0.05, 0.1) is 0 Å². The molecule has 0 radical (unpaired) electrons. The van der Waals surface area contributed by atoms with Gasteiger partial charge in [-0.05, 0) is 19.4 Å². The van der Waals surface area contributed by atoms with Crippen LogP contribution in [0, 0.1) is 0 Å². The molecule has 1 amide bonds. The molecule has 0 saturated heterocycles. The van der Waals surface area contributed by atoms with Gasteiger partial charge in [-0.3, -0.25) is 4.79 Å². The summed E-state index contributed by atoms with van der Waals surface area (Å²) in [6.45, 7) is 4.99. The molecule has 0 atom stereocenters. The quantitative estimate of drug-likeness (QED) is 0.423. The van der Waals surface area contributed by atoms with Gasteiger partial charge in [0.2, 0.25) is 5.91 Å². The second-order valence-corrected chi connectivity index (χ2v) is 6.17. The Hall–Kier alpha value is -0.830. The molecule has 0 aliphatic carbocycles. The third-order valence-corrected chi connectivity index (χ3v) is 4.18. The first-order valence-corrected chi connectivity index (χ1v) is 8.98. The van der Waals surface area contributed by atoms with Crippen molar-refractivity contribution in [2.24, 2.45) is 0 Å². The molecule has 0 saturated carbocycles. The van der Waals surface area contributed by atoms with E-state index in [4.69, 9.17) is 0 Å². The molecule has 0 aromatic rings. The molecule has 122 valence electrons. The van der Waals surface area contributed by atoms with E-state index >= 15 is 0 Å². The van der Waals surface area contributed by atoms with Crippen LogP contribution in [0.4, 0.5) is 0 Å². The molecular weight excluding hydrogens is 260 g/mol. The average molecular weight is 294 g/mol. The summed E-state index contributed by atoms with van der Waals surface area (Å²) in [5.41, 5.74) is 1.37. The van der Waals surface area contributed by atoms with Crippen molar-refractivity contribution < 1.29 is 4.79 Å². The zero-order chi connectivity index (χ0) is 15.2. The van der Waals surface area contributed by atoms with Crippen LogP contribution in [0.25, 0.3) is 0 Å². The summed E-state index contributed by atoms with van der Waals surface area (Å²) in [4.78, 5) is 11.7. The lowest BCUT2D eigenvalue weighted by molar-refractivity contribution is -0.121. The molecule has 3 nitrogen and oxygen atoms in total. The third-order valence-electron chi connectivity index (χ3n) is 4.18. The lowest BCUT2D eigenvalue weighted by Crippen LogP contribution is -2.29. The van der Waals surface area contributed by atoms with E-state index < -0.39 is 0 Å². The van der Waals surface area contributed by atoms with Gasteiger partial charge in [-0.15, -0.1) is 0 Å². The van der Waals surface area contributed by atoms with E-state index in [9.17, 15) is 4.79 Å². The van der Waals surface area contributed by atoms with E-state index in [1.54, 1.807) is 0 Å². The molecule has 3 heteroatoms. The van der Waals surface area contributed by atoms with Crippen molar-refractivity contribution >= 4 is 5.91 Å². The van der Waals surface area contributed by atoms with Crippen molar-refractivity contribution in [1.29, 1.82) is 0 Å². The smallest absolute Gasteiger partial charge is 0.220 e. The second-order valence-electron chi connectivity index (χ2n) is 6.17. The Labute approximate surface area is 131 Å². The fourth-order valence-corrected chi connectivity index (χ4v) is 2.73. The first-order chi connectivity index (χ1) is 10.3. The van der Waals surface area contributed by atoms with E-state index in [0.717, 1.165) is 32.5 Å². The zero-order valence-corrected chi connectivity index (χ0v) is 13.9. The largest absolute Gasteiger partial charge is 0.352 e. The monoisotopic (exact) mass is 294 g/mol. The normalized spacial score (nSPS) is 14.8. The molecule has 0 bridgehead atoms. The van der Waals surface area contributed by atoms with Crippen molar-refractivity contribution in [1.82, 2.24) is 10.6 Å². The number of amides is 1. The minimum atomic E-state index is 0.220. The molecule has 0 fully saturated rings. The maximum atomic E-state index is 11.7. The van der Waals surface area contributed by atoms with Gasteiger partial charge in [-0.2, -0.15) is 0 Å². The number of nitrogens with one attached hydrogen (secondary N) is 2. The van der Waals surface area contributed by atoms with Gasteiger partial charge in [0.15, 0.2) is 0 Å². The van der Waals surface area contributed by atoms with Gasteiger partial charge in [-0.1, -0.05) is 69.9 Å². The number of carbonyl (C=O) groups is 1. The van der Waals surface area contributed by atoms with Crippen LogP contribution in [0.5, 0.6) is 0 Å². The maximum Gasteiger partial charge on any atom is 0.220 e. The van der Waals surface area contributed by atoms with Gasteiger partial charge >= 0.3 is 0 Å². The SMILES string of the molecule is CCCCCCCCCCCC(=O)NCC1=CCNCC1. The predicted octanol–water partition coefficient (Wildman–Crippen LogP) is 3.94. The first kappa shape index (κ1) is 18.2. The fourth-order valence-electron chi connectivity index (χ4n) is 2.73. The number of hydrogen-bond donors (Lipinski definition) is 2. The lowest BCUT2D eigenvalue weighted by Gasteiger charge is -2.14. The Kier molecular flexibility index (Phi) is 11.2. The Morgan fingerprint density at radius 3 is 2.38 bits per heavy atom. The molecule has 0 unspecified atom stereocenters. The number of carbonyl (C=O) groups excluding carboxylic acids is 1. The summed E-state index contributed by atoms with van der Waals surface area (Å²) in [5.74, 6) is 0.220. The molecule has 2 N–H and O–H groups in total. The second kappa shape index (κ2) is 12.9. The molecule has 1 aliphatic rings. The predicted molar refractivity (Wildman–Crippen MR) is 90.4 cm³/mol. The molecule has 0 aromatic carbocycles. The van der Waals surface area contributed by atoms with Crippen LogP contribution in [0.2, 0.25) is 0 Å². The summed E-state index contributed by atoms with van der Waals surface area (Å²) in [7, 11) is 0. The lowest BCUT2D eigenvalue weighted by atomic mass is 10.1. The van der Waals surface area contributed by atoms with Crippen LogP contribution >= 0.6 is 0 Å². The average Bonchev–Trinajstić information content (AvgIpc) is 2.52. The highest BCUT2D eigenvalue weighted by atomic mass is 16.1. The van der Waals surface area contributed by atoms with E-state index in [1.807, 2.05) is 0 Å². The van der Waals surface area contributed by atoms with Gasteiger partial charge in [0, 0.05) is 19.5 Å². The van der Waals surface area contributed by atoms with E-state index in [0.29, 0.717) is 6.42 Å². The van der Waals surface area contributed by atoms with Crippen molar-refractivity contribution in [2.45, 2.75) is 77.6 Å². The van der Waals surface area contributed by atoms with Crippen molar-refractivity contribution in [3.63, 3.8) is 0 Å². The number of unbranched alkanes of at least 4 members (excludes halogenated alkanes) is 8. The summed E-state index contributed by atoms with van der Waals surface area (Å²) < 4.78 is 0. The highest BCUT2D eigenvalue weighted by molar-refractivity contribution is 5.76. The highest BCUT2D eigenvalue weighted by Gasteiger charge is 2.05. The summed E-state index contributed by atoms with van der Waals surface area (Å²) in [5, 5.41) is 6.33. The van der Waals surface area contributed by atoms with E-state index in [2.05, 4.69) is 23.6 Å². The topological polar surface area (TPSA) is 41.1 Å². The van der Waals surface area contributed by atoms with Gasteiger partial charge in [0.1, 0.15) is 0 Å². The van der Waals surface area contributed by atoms with Crippen molar-refractivity contribution in [3.8, 4) is 0 Å². The van der Waals surface area contributed by atoms with Crippen LogP contribution in [-0.2, 0) is 4.79 Å². The van der Waals surface area contributed by atoms with Crippen LogP contribution in [0.1, 0.15) is 77.6 Å². The molecule has 1 rings (SSSR count).